The van der Waals surface area contributed by atoms with Gasteiger partial charge in [0.15, 0.2) is 0 Å². The van der Waals surface area contributed by atoms with E-state index in [9.17, 15) is 9.18 Å². The smallest absolute Gasteiger partial charge is 0.223 e. The molecule has 3 saturated heterocycles. The molecule has 4 aliphatic rings. The van der Waals surface area contributed by atoms with Gasteiger partial charge < -0.3 is 10.1 Å². The minimum absolute atomic E-state index is 0.102. The third-order valence-corrected chi connectivity index (χ3v) is 6.95. The second-order valence-corrected chi connectivity index (χ2v) is 8.89. The Bertz CT molecular complexity index is 741. The minimum Gasteiger partial charge on any atom is -0.370 e. The van der Waals surface area contributed by atoms with Crippen LogP contribution in [-0.4, -0.2) is 42.1 Å². The Labute approximate surface area is 158 Å². The zero-order chi connectivity index (χ0) is 17.9. The number of rotatable bonds is 5. The molecule has 6 heteroatoms. The first-order chi connectivity index (χ1) is 12.5. The highest BCUT2D eigenvalue weighted by molar-refractivity contribution is 6.30. The lowest BCUT2D eigenvalue weighted by Crippen LogP contribution is -2.42. The first kappa shape index (κ1) is 17.0. The van der Waals surface area contributed by atoms with E-state index < -0.39 is 0 Å². The zero-order valence-electron chi connectivity index (χ0n) is 14.7. The van der Waals surface area contributed by atoms with Gasteiger partial charge in [-0.05, 0) is 43.9 Å². The predicted octanol–water partition coefficient (Wildman–Crippen LogP) is 2.98. The predicted molar refractivity (Wildman–Crippen MR) is 96.2 cm³/mol. The Kier molecular flexibility index (Phi) is 4.03. The number of carbonyl (C=O) groups excluding carboxylic acids is 1. The fraction of sp³-hybridized carbons (Fsp3) is 0.650. The number of fused-ring (bicyclic) bond motifs is 1. The first-order valence-corrected chi connectivity index (χ1v) is 10.0. The summed E-state index contributed by atoms with van der Waals surface area (Å²) in [6.07, 6.45) is 4.47. The van der Waals surface area contributed by atoms with Gasteiger partial charge in [0.05, 0.1) is 11.7 Å². The van der Waals surface area contributed by atoms with Crippen molar-refractivity contribution < 1.29 is 13.9 Å². The topological polar surface area (TPSA) is 41.6 Å². The van der Waals surface area contributed by atoms with Crippen molar-refractivity contribution in [1.82, 2.24) is 10.2 Å². The Morgan fingerprint density at radius 1 is 1.38 bits per heavy atom. The summed E-state index contributed by atoms with van der Waals surface area (Å²) < 4.78 is 20.5. The van der Waals surface area contributed by atoms with E-state index in [4.69, 9.17) is 16.3 Å². The molecule has 4 fully saturated rings. The lowest BCUT2D eigenvalue weighted by molar-refractivity contribution is -0.122. The first-order valence-electron chi connectivity index (χ1n) is 9.66. The largest absolute Gasteiger partial charge is 0.370 e. The number of likely N-dealkylation sites (tertiary alicyclic amines) is 1. The third-order valence-electron chi connectivity index (χ3n) is 6.72. The highest BCUT2D eigenvalue weighted by atomic mass is 35.5. The van der Waals surface area contributed by atoms with Gasteiger partial charge in [0.25, 0.3) is 0 Å². The molecule has 0 radical (unpaired) electrons. The summed E-state index contributed by atoms with van der Waals surface area (Å²) in [5.41, 5.74) is 0.538. The average Bonchev–Trinajstić information content (AvgIpc) is 3.21. The van der Waals surface area contributed by atoms with Crippen LogP contribution in [0.1, 0.15) is 31.2 Å². The quantitative estimate of drug-likeness (QED) is 0.856. The molecule has 1 saturated carbocycles. The second kappa shape index (κ2) is 6.18. The fourth-order valence-electron chi connectivity index (χ4n) is 5.29. The average molecular weight is 379 g/mol. The van der Waals surface area contributed by atoms with Crippen molar-refractivity contribution in [1.29, 1.82) is 0 Å². The lowest BCUT2D eigenvalue weighted by atomic mass is 9.73. The van der Waals surface area contributed by atoms with Crippen LogP contribution in [0.25, 0.3) is 0 Å². The Balaban J connectivity index is 1.27. The molecule has 5 rings (SSSR count). The van der Waals surface area contributed by atoms with Gasteiger partial charge in [-0.3, -0.25) is 9.69 Å². The monoisotopic (exact) mass is 378 g/mol. The molecular weight excluding hydrogens is 355 g/mol. The molecule has 1 N–H and O–H groups in total. The molecule has 1 aromatic rings. The van der Waals surface area contributed by atoms with Gasteiger partial charge in [-0.15, -0.1) is 0 Å². The SMILES string of the molecule is O=C(NC[C@H]1[C@H]2CN(Cc3cc(Cl)ccc3F)C[C@]23CC[C@H]1O3)C1CC1. The molecule has 4 nitrogen and oxygen atoms in total. The summed E-state index contributed by atoms with van der Waals surface area (Å²) >= 11 is 6.03. The number of benzene rings is 1. The van der Waals surface area contributed by atoms with Crippen LogP contribution in [0, 0.1) is 23.6 Å². The van der Waals surface area contributed by atoms with E-state index in [2.05, 4.69) is 10.2 Å². The molecule has 3 aliphatic heterocycles. The third kappa shape index (κ3) is 2.85. The van der Waals surface area contributed by atoms with E-state index in [1.54, 1.807) is 12.1 Å². The van der Waals surface area contributed by atoms with Gasteiger partial charge in [-0.2, -0.15) is 0 Å². The van der Waals surface area contributed by atoms with Gasteiger partial charge in [-0.25, -0.2) is 4.39 Å². The summed E-state index contributed by atoms with van der Waals surface area (Å²) in [4.78, 5) is 14.3. The van der Waals surface area contributed by atoms with Crippen LogP contribution in [0.4, 0.5) is 4.39 Å². The minimum atomic E-state index is -0.206. The van der Waals surface area contributed by atoms with Gasteiger partial charge >= 0.3 is 0 Å². The molecule has 0 unspecified atom stereocenters. The summed E-state index contributed by atoms with van der Waals surface area (Å²) in [6, 6.07) is 4.74. The van der Waals surface area contributed by atoms with E-state index in [1.165, 1.54) is 6.07 Å². The molecule has 3 heterocycles. The van der Waals surface area contributed by atoms with Gasteiger partial charge in [0, 0.05) is 54.5 Å². The maximum atomic E-state index is 14.1. The molecule has 4 atom stereocenters. The maximum absolute atomic E-state index is 14.1. The normalized spacial score (nSPS) is 35.7. The van der Waals surface area contributed by atoms with Crippen LogP contribution < -0.4 is 5.32 Å². The number of halogens is 2. The Hall–Kier alpha value is -1.17. The molecule has 26 heavy (non-hydrogen) atoms. The Morgan fingerprint density at radius 3 is 3.04 bits per heavy atom. The van der Waals surface area contributed by atoms with Crippen LogP contribution >= 0.6 is 11.6 Å². The highest BCUT2D eigenvalue weighted by Crippen LogP contribution is 2.54. The number of ether oxygens (including phenoxy) is 1. The maximum Gasteiger partial charge on any atom is 0.223 e. The van der Waals surface area contributed by atoms with Crippen LogP contribution in [0.2, 0.25) is 5.02 Å². The van der Waals surface area contributed by atoms with Crippen molar-refractivity contribution in [3.8, 4) is 0 Å². The second-order valence-electron chi connectivity index (χ2n) is 8.45. The summed E-state index contributed by atoms with van der Waals surface area (Å²) in [5, 5.41) is 3.71. The van der Waals surface area contributed by atoms with Gasteiger partial charge in [-0.1, -0.05) is 11.6 Å². The van der Waals surface area contributed by atoms with E-state index in [0.717, 1.165) is 38.8 Å². The van der Waals surface area contributed by atoms with Crippen molar-refractivity contribution in [3.63, 3.8) is 0 Å². The molecule has 2 bridgehead atoms. The number of hydrogen-bond acceptors (Lipinski definition) is 3. The van der Waals surface area contributed by atoms with Crippen LogP contribution in [0.5, 0.6) is 0 Å². The van der Waals surface area contributed by atoms with E-state index in [-0.39, 0.29) is 29.3 Å². The Morgan fingerprint density at radius 2 is 2.23 bits per heavy atom. The number of nitrogens with zero attached hydrogens (tertiary/aromatic N) is 1. The standard InChI is InChI=1S/C20H24ClFN2O2/c21-14-3-4-17(22)13(7-14)9-24-10-16-15(8-23-19(25)12-1-2-12)18-5-6-20(16,11-24)26-18/h3-4,7,12,15-16,18H,1-2,5-6,8-11H2,(H,23,25)/t15-,16+,18+,20+/m0/s1. The summed E-state index contributed by atoms with van der Waals surface area (Å²) in [5.74, 6) is 1.04. The van der Waals surface area contributed by atoms with E-state index in [0.29, 0.717) is 35.5 Å². The molecule has 1 aromatic carbocycles. The summed E-state index contributed by atoms with van der Waals surface area (Å²) in [7, 11) is 0. The molecule has 140 valence electrons. The number of nitrogens with one attached hydrogen (secondary N) is 1. The van der Waals surface area contributed by atoms with Crippen molar-refractivity contribution in [3.05, 3.63) is 34.6 Å². The highest BCUT2D eigenvalue weighted by Gasteiger charge is 2.62. The summed E-state index contributed by atoms with van der Waals surface area (Å²) in [6.45, 7) is 3.01. The molecule has 0 aromatic heterocycles. The fourth-order valence-corrected chi connectivity index (χ4v) is 5.49. The van der Waals surface area contributed by atoms with Gasteiger partial charge in [0.2, 0.25) is 5.91 Å². The zero-order valence-corrected chi connectivity index (χ0v) is 15.5. The number of carbonyl (C=O) groups is 1. The van der Waals surface area contributed by atoms with Crippen LogP contribution in [-0.2, 0) is 16.1 Å². The molecule has 1 amide bonds. The molecular formula is C20H24ClFN2O2. The lowest BCUT2D eigenvalue weighted by Gasteiger charge is -2.29. The van der Waals surface area contributed by atoms with Crippen LogP contribution in [0.3, 0.4) is 0 Å². The van der Waals surface area contributed by atoms with Crippen molar-refractivity contribution >= 4 is 17.5 Å². The molecule has 1 aliphatic carbocycles. The van der Waals surface area contributed by atoms with Crippen LogP contribution in [0.15, 0.2) is 18.2 Å². The number of hydrogen-bond donors (Lipinski definition) is 1. The number of amides is 1. The van der Waals surface area contributed by atoms with Crippen molar-refractivity contribution in [2.24, 2.45) is 17.8 Å². The van der Waals surface area contributed by atoms with Gasteiger partial charge in [0.1, 0.15) is 5.82 Å². The van der Waals surface area contributed by atoms with E-state index in [1.807, 2.05) is 0 Å². The molecule has 1 spiro atoms. The van der Waals surface area contributed by atoms with E-state index >= 15 is 0 Å². The van der Waals surface area contributed by atoms with Crippen molar-refractivity contribution in [2.45, 2.75) is 43.9 Å². The van der Waals surface area contributed by atoms with Crippen molar-refractivity contribution in [2.75, 3.05) is 19.6 Å².